The van der Waals surface area contributed by atoms with E-state index >= 15 is 0 Å². The number of benzene rings is 3. The lowest BCUT2D eigenvalue weighted by molar-refractivity contribution is 0.0451. The number of hydrogen-bond acceptors (Lipinski definition) is 4. The number of nitrogens with zero attached hydrogens (tertiary/aromatic N) is 1. The molecule has 1 heterocycles. The summed E-state index contributed by atoms with van der Waals surface area (Å²) in [5.74, 6) is 0.438. The van der Waals surface area contributed by atoms with Crippen molar-refractivity contribution >= 4 is 28.5 Å². The molecule has 0 saturated heterocycles. The monoisotopic (exact) mass is 435 g/mol. The molecule has 0 amide bonds. The van der Waals surface area contributed by atoms with Crippen molar-refractivity contribution in [3.05, 3.63) is 107 Å². The highest BCUT2D eigenvalue weighted by Gasteiger charge is 2.27. The number of ether oxygens (including phenoxy) is 2. The average molecular weight is 436 g/mol. The van der Waals surface area contributed by atoms with Crippen LogP contribution in [0.4, 0.5) is 0 Å². The summed E-state index contributed by atoms with van der Waals surface area (Å²) in [4.78, 5) is 18.1. The topological polar surface area (TPSA) is 48.4 Å². The Labute approximate surface area is 193 Å². The molecule has 4 aromatic rings. The van der Waals surface area contributed by atoms with E-state index in [4.69, 9.17) is 14.5 Å². The van der Waals surface area contributed by atoms with Crippen LogP contribution in [0.2, 0.25) is 0 Å². The number of carbonyl (C=O) groups excluding carboxylic acids is 1. The summed E-state index contributed by atoms with van der Waals surface area (Å²) in [6, 6.07) is 25.7. The van der Waals surface area contributed by atoms with Crippen LogP contribution in [0.3, 0.4) is 0 Å². The summed E-state index contributed by atoms with van der Waals surface area (Å²) in [5.41, 5.74) is 6.84. The lowest BCUT2D eigenvalue weighted by Gasteiger charge is -2.13. The molecule has 0 saturated carbocycles. The van der Waals surface area contributed by atoms with Crippen LogP contribution >= 0.6 is 0 Å². The number of allylic oxidation sites excluding steroid dienone is 1. The average Bonchev–Trinajstić information content (AvgIpc) is 3.24. The van der Waals surface area contributed by atoms with Gasteiger partial charge in [-0.3, -0.25) is 0 Å². The van der Waals surface area contributed by atoms with Gasteiger partial charge in [0.1, 0.15) is 19.0 Å². The molecule has 1 aromatic heterocycles. The molecule has 0 atom stereocenters. The van der Waals surface area contributed by atoms with Crippen LogP contribution in [0.1, 0.15) is 39.2 Å². The zero-order valence-corrected chi connectivity index (χ0v) is 18.6. The van der Waals surface area contributed by atoms with Crippen LogP contribution in [0.5, 0.6) is 5.75 Å². The van der Waals surface area contributed by atoms with Gasteiger partial charge in [-0.15, -0.1) is 0 Å². The maximum Gasteiger partial charge on any atom is 0.339 e. The fraction of sp³-hybridized carbons (Fsp3) is 0.172. The van der Waals surface area contributed by atoms with Crippen LogP contribution < -0.4 is 4.74 Å². The first kappa shape index (κ1) is 21.0. The summed E-state index contributed by atoms with van der Waals surface area (Å²) in [7, 11) is 0. The molecule has 4 heteroatoms. The van der Waals surface area contributed by atoms with Crippen molar-refractivity contribution in [3.63, 3.8) is 0 Å². The zero-order chi connectivity index (χ0) is 22.6. The largest absolute Gasteiger partial charge is 0.490 e. The highest BCUT2D eigenvalue weighted by molar-refractivity contribution is 6.07. The minimum Gasteiger partial charge on any atom is -0.490 e. The maximum absolute atomic E-state index is 13.2. The van der Waals surface area contributed by atoms with Gasteiger partial charge in [0.25, 0.3) is 0 Å². The Balaban J connectivity index is 1.42. The smallest absolute Gasteiger partial charge is 0.339 e. The minimum absolute atomic E-state index is 0.186. The lowest BCUT2D eigenvalue weighted by atomic mass is 10.0. The van der Waals surface area contributed by atoms with Crippen molar-refractivity contribution in [3.8, 4) is 5.75 Å². The fourth-order valence-electron chi connectivity index (χ4n) is 4.26. The second kappa shape index (κ2) is 9.29. The molecule has 5 rings (SSSR count). The summed E-state index contributed by atoms with van der Waals surface area (Å²) < 4.78 is 11.3. The molecular formula is C29H25NO3. The van der Waals surface area contributed by atoms with Crippen LogP contribution in [-0.2, 0) is 11.2 Å². The Hall–Kier alpha value is -3.92. The number of hydrogen-bond donors (Lipinski definition) is 0. The second-order valence-electron chi connectivity index (χ2n) is 8.21. The van der Waals surface area contributed by atoms with E-state index in [0.717, 1.165) is 51.9 Å². The Morgan fingerprint density at radius 3 is 2.48 bits per heavy atom. The van der Waals surface area contributed by atoms with E-state index in [0.29, 0.717) is 12.2 Å². The van der Waals surface area contributed by atoms with Crippen molar-refractivity contribution in [2.45, 2.75) is 19.8 Å². The van der Waals surface area contributed by atoms with Crippen LogP contribution in [0.15, 0.2) is 78.9 Å². The molecule has 0 bridgehead atoms. The predicted molar refractivity (Wildman–Crippen MR) is 131 cm³/mol. The van der Waals surface area contributed by atoms with Crippen LogP contribution in [0.25, 0.3) is 22.6 Å². The number of fused-ring (bicyclic) bond motifs is 2. The number of carbonyl (C=O) groups is 1. The van der Waals surface area contributed by atoms with Gasteiger partial charge in [-0.1, -0.05) is 66.2 Å². The molecule has 33 heavy (non-hydrogen) atoms. The zero-order valence-electron chi connectivity index (χ0n) is 18.6. The molecule has 1 aliphatic carbocycles. The third kappa shape index (κ3) is 4.51. The number of aryl methyl sites for hydroxylation is 1. The summed E-state index contributed by atoms with van der Waals surface area (Å²) >= 11 is 0. The molecule has 1 aliphatic rings. The highest BCUT2D eigenvalue weighted by Crippen LogP contribution is 2.37. The fourth-order valence-corrected chi connectivity index (χ4v) is 4.26. The van der Waals surface area contributed by atoms with Gasteiger partial charge in [0.05, 0.1) is 16.8 Å². The molecule has 0 radical (unpaired) electrons. The molecule has 4 nitrogen and oxygen atoms in total. The van der Waals surface area contributed by atoms with Crippen molar-refractivity contribution < 1.29 is 14.3 Å². The Morgan fingerprint density at radius 1 is 0.909 bits per heavy atom. The highest BCUT2D eigenvalue weighted by atomic mass is 16.6. The molecule has 164 valence electrons. The van der Waals surface area contributed by atoms with Gasteiger partial charge in [-0.2, -0.15) is 0 Å². The summed E-state index contributed by atoms with van der Waals surface area (Å²) in [6.45, 7) is 2.57. The van der Waals surface area contributed by atoms with Gasteiger partial charge in [0.15, 0.2) is 0 Å². The van der Waals surface area contributed by atoms with E-state index in [-0.39, 0.29) is 12.6 Å². The number of aromatic nitrogens is 1. The number of rotatable bonds is 6. The Bertz CT molecular complexity index is 1320. The lowest BCUT2D eigenvalue weighted by Crippen LogP contribution is -2.15. The van der Waals surface area contributed by atoms with E-state index in [9.17, 15) is 4.79 Å². The molecule has 0 aliphatic heterocycles. The van der Waals surface area contributed by atoms with E-state index in [2.05, 4.69) is 37.3 Å². The van der Waals surface area contributed by atoms with Crippen molar-refractivity contribution in [2.75, 3.05) is 13.2 Å². The first-order valence-corrected chi connectivity index (χ1v) is 11.2. The third-order valence-corrected chi connectivity index (χ3v) is 5.89. The van der Waals surface area contributed by atoms with Gasteiger partial charge in [0, 0.05) is 5.39 Å². The van der Waals surface area contributed by atoms with Gasteiger partial charge in [-0.05, 0) is 60.7 Å². The van der Waals surface area contributed by atoms with Gasteiger partial charge in [-0.25, -0.2) is 9.78 Å². The Kier molecular flexibility index (Phi) is 5.90. The predicted octanol–water partition coefficient (Wildman–Crippen LogP) is 6.27. The van der Waals surface area contributed by atoms with Gasteiger partial charge < -0.3 is 9.47 Å². The molecule has 0 N–H and O–H groups in total. The number of pyridine rings is 1. The van der Waals surface area contributed by atoms with E-state index in [1.165, 1.54) is 5.56 Å². The van der Waals surface area contributed by atoms with E-state index < -0.39 is 0 Å². The van der Waals surface area contributed by atoms with Crippen molar-refractivity contribution in [2.24, 2.45) is 0 Å². The van der Waals surface area contributed by atoms with Crippen LogP contribution in [-0.4, -0.2) is 24.2 Å². The first-order valence-electron chi connectivity index (χ1n) is 11.2. The SMILES string of the molecule is Cc1ccc(C=C2CCc3c2nc2ccccc2c3C(=O)OCCOc2ccccc2)cc1. The number of esters is 1. The van der Waals surface area contributed by atoms with Crippen molar-refractivity contribution in [1.82, 2.24) is 4.98 Å². The minimum atomic E-state index is -0.321. The molecular weight excluding hydrogens is 410 g/mol. The summed E-state index contributed by atoms with van der Waals surface area (Å²) in [5, 5.41) is 0.835. The van der Waals surface area contributed by atoms with Crippen molar-refractivity contribution in [1.29, 1.82) is 0 Å². The van der Waals surface area contributed by atoms with E-state index in [1.54, 1.807) is 0 Å². The van der Waals surface area contributed by atoms with Gasteiger partial charge in [0.2, 0.25) is 0 Å². The second-order valence-corrected chi connectivity index (χ2v) is 8.21. The quantitative estimate of drug-likeness (QED) is 0.265. The normalized spacial score (nSPS) is 13.8. The molecule has 0 spiro atoms. The molecule has 0 fully saturated rings. The van der Waals surface area contributed by atoms with Gasteiger partial charge >= 0.3 is 5.97 Å². The van der Waals surface area contributed by atoms with E-state index in [1.807, 2.05) is 54.6 Å². The summed E-state index contributed by atoms with van der Waals surface area (Å²) in [6.07, 6.45) is 3.80. The molecule has 3 aromatic carbocycles. The maximum atomic E-state index is 13.2. The standard InChI is InChI=1S/C29H25NO3/c1-20-11-13-21(14-12-20)19-22-15-16-25-27(24-9-5-6-10-26(24)30-28(22)25)29(31)33-18-17-32-23-7-3-2-4-8-23/h2-14,19H,15-18H2,1H3. The molecule has 0 unspecified atom stereocenters. The van der Waals surface area contributed by atoms with Crippen LogP contribution in [0, 0.1) is 6.92 Å². The first-order chi connectivity index (χ1) is 16.2. The number of para-hydroxylation sites is 2. The third-order valence-electron chi connectivity index (χ3n) is 5.89. The Morgan fingerprint density at radius 2 is 1.67 bits per heavy atom.